The predicted molar refractivity (Wildman–Crippen MR) is 53.5 cm³/mol. The number of hydrogen-bond acceptors (Lipinski definition) is 3. The lowest BCUT2D eigenvalue weighted by molar-refractivity contribution is 0.390. The van der Waals surface area contributed by atoms with Crippen LogP contribution in [-0.2, 0) is 0 Å². The van der Waals surface area contributed by atoms with Crippen LogP contribution >= 0.6 is 11.6 Å². The number of benzene rings is 1. The third-order valence-electron chi connectivity index (χ3n) is 1.89. The maximum atomic E-state index is 6.01. The number of methoxy groups -OCH3 is 1. The fraction of sp³-hybridized carbons (Fsp3) is 0.100. The Hall–Kier alpha value is -1.48. The summed E-state index contributed by atoms with van der Waals surface area (Å²) < 4.78 is 9.89. The van der Waals surface area contributed by atoms with Crippen molar-refractivity contribution in [3.05, 3.63) is 35.6 Å². The summed E-state index contributed by atoms with van der Waals surface area (Å²) in [6.07, 6.45) is 1.44. The van der Waals surface area contributed by atoms with Gasteiger partial charge in [0.15, 0.2) is 17.7 Å². The lowest BCUT2D eigenvalue weighted by atomic mass is 10.1. The molecule has 0 bridgehead atoms. The molecular formula is C10H8ClNO2. The van der Waals surface area contributed by atoms with Gasteiger partial charge in [0, 0.05) is 5.56 Å². The van der Waals surface area contributed by atoms with Crippen molar-refractivity contribution in [3.63, 3.8) is 0 Å². The summed E-state index contributed by atoms with van der Waals surface area (Å²) >= 11 is 6.01. The SMILES string of the molecule is COc1conc1-c1ccccc1Cl. The number of ether oxygens (including phenoxy) is 1. The van der Waals surface area contributed by atoms with Crippen LogP contribution in [0.25, 0.3) is 11.3 Å². The minimum absolute atomic E-state index is 0.582. The molecular weight excluding hydrogens is 202 g/mol. The Bertz CT molecular complexity index is 439. The molecule has 0 atom stereocenters. The molecule has 0 fully saturated rings. The molecule has 2 aromatic rings. The Morgan fingerprint density at radius 1 is 1.36 bits per heavy atom. The first-order valence-corrected chi connectivity index (χ1v) is 4.44. The van der Waals surface area contributed by atoms with E-state index < -0.39 is 0 Å². The highest BCUT2D eigenvalue weighted by Gasteiger charge is 2.12. The zero-order valence-electron chi connectivity index (χ0n) is 7.53. The Kier molecular flexibility index (Phi) is 2.41. The van der Waals surface area contributed by atoms with Crippen LogP contribution in [0.15, 0.2) is 35.1 Å². The number of hydrogen-bond donors (Lipinski definition) is 0. The molecule has 0 saturated carbocycles. The molecule has 1 heterocycles. The smallest absolute Gasteiger partial charge is 0.186 e. The van der Waals surface area contributed by atoms with Gasteiger partial charge in [0.25, 0.3) is 0 Å². The average Bonchev–Trinajstić information content (AvgIpc) is 2.66. The van der Waals surface area contributed by atoms with Crippen molar-refractivity contribution < 1.29 is 9.26 Å². The summed E-state index contributed by atoms with van der Waals surface area (Å²) in [6.45, 7) is 0. The van der Waals surface area contributed by atoms with Gasteiger partial charge in [-0.1, -0.05) is 35.0 Å². The van der Waals surface area contributed by atoms with E-state index in [0.717, 1.165) is 5.56 Å². The zero-order chi connectivity index (χ0) is 9.97. The zero-order valence-corrected chi connectivity index (χ0v) is 8.28. The first kappa shape index (κ1) is 9.09. The Morgan fingerprint density at radius 2 is 2.14 bits per heavy atom. The van der Waals surface area contributed by atoms with Gasteiger partial charge in [-0.3, -0.25) is 0 Å². The Morgan fingerprint density at radius 3 is 2.86 bits per heavy atom. The van der Waals surface area contributed by atoms with E-state index >= 15 is 0 Å². The molecule has 0 N–H and O–H groups in total. The van der Waals surface area contributed by atoms with E-state index in [9.17, 15) is 0 Å². The van der Waals surface area contributed by atoms with Gasteiger partial charge in [0.1, 0.15) is 0 Å². The van der Waals surface area contributed by atoms with E-state index in [1.54, 1.807) is 13.2 Å². The van der Waals surface area contributed by atoms with Gasteiger partial charge >= 0.3 is 0 Å². The van der Waals surface area contributed by atoms with Gasteiger partial charge in [0.2, 0.25) is 0 Å². The Balaban J connectivity index is 2.54. The molecule has 0 saturated heterocycles. The third-order valence-corrected chi connectivity index (χ3v) is 2.22. The molecule has 0 aliphatic rings. The van der Waals surface area contributed by atoms with Gasteiger partial charge in [-0.05, 0) is 6.07 Å². The van der Waals surface area contributed by atoms with Crippen LogP contribution in [0.3, 0.4) is 0 Å². The first-order valence-electron chi connectivity index (χ1n) is 4.06. The van der Waals surface area contributed by atoms with E-state index in [-0.39, 0.29) is 0 Å². The van der Waals surface area contributed by atoms with Gasteiger partial charge in [-0.2, -0.15) is 0 Å². The van der Waals surface area contributed by atoms with Crippen LogP contribution in [0.4, 0.5) is 0 Å². The molecule has 0 aliphatic heterocycles. The predicted octanol–water partition coefficient (Wildman–Crippen LogP) is 3.00. The van der Waals surface area contributed by atoms with Crippen LogP contribution in [0.2, 0.25) is 5.02 Å². The molecule has 14 heavy (non-hydrogen) atoms. The van der Waals surface area contributed by atoms with Gasteiger partial charge in [-0.25, -0.2) is 0 Å². The van der Waals surface area contributed by atoms with Crippen LogP contribution in [0.5, 0.6) is 5.75 Å². The van der Waals surface area contributed by atoms with Crippen LogP contribution in [-0.4, -0.2) is 12.3 Å². The van der Waals surface area contributed by atoms with E-state index in [4.69, 9.17) is 20.9 Å². The van der Waals surface area contributed by atoms with E-state index in [2.05, 4.69) is 5.16 Å². The minimum Gasteiger partial charge on any atom is -0.491 e. The largest absolute Gasteiger partial charge is 0.491 e. The average molecular weight is 210 g/mol. The van der Waals surface area contributed by atoms with Crippen LogP contribution < -0.4 is 4.74 Å². The molecule has 1 aromatic heterocycles. The lowest BCUT2D eigenvalue weighted by Gasteiger charge is -2.01. The maximum absolute atomic E-state index is 6.01. The second-order valence-corrected chi connectivity index (χ2v) is 3.12. The quantitative estimate of drug-likeness (QED) is 0.763. The first-order chi connectivity index (χ1) is 6.83. The topological polar surface area (TPSA) is 35.3 Å². The molecule has 3 nitrogen and oxygen atoms in total. The lowest BCUT2D eigenvalue weighted by Crippen LogP contribution is -1.85. The third kappa shape index (κ3) is 1.46. The van der Waals surface area contributed by atoms with Crippen LogP contribution in [0.1, 0.15) is 0 Å². The number of aromatic nitrogens is 1. The normalized spacial score (nSPS) is 10.1. The summed E-state index contributed by atoms with van der Waals surface area (Å²) in [4.78, 5) is 0. The number of rotatable bonds is 2. The van der Waals surface area contributed by atoms with Crippen molar-refractivity contribution in [2.45, 2.75) is 0 Å². The molecule has 0 amide bonds. The molecule has 72 valence electrons. The molecule has 0 aliphatic carbocycles. The van der Waals surface area contributed by atoms with Crippen molar-refractivity contribution >= 4 is 11.6 Å². The monoisotopic (exact) mass is 209 g/mol. The Labute approximate surface area is 86.2 Å². The molecule has 4 heteroatoms. The van der Waals surface area contributed by atoms with Gasteiger partial charge in [0.05, 0.1) is 12.1 Å². The summed E-state index contributed by atoms with van der Waals surface area (Å²) in [7, 11) is 1.56. The fourth-order valence-electron chi connectivity index (χ4n) is 1.21. The summed E-state index contributed by atoms with van der Waals surface area (Å²) in [5.41, 5.74) is 1.43. The van der Waals surface area contributed by atoms with Gasteiger partial charge in [-0.15, -0.1) is 0 Å². The standard InChI is InChI=1S/C10H8ClNO2/c1-13-9-6-14-12-10(9)7-4-2-3-5-8(7)11/h2-6H,1H3. The van der Waals surface area contributed by atoms with Crippen molar-refractivity contribution in [2.24, 2.45) is 0 Å². The highest BCUT2D eigenvalue weighted by Crippen LogP contribution is 2.32. The summed E-state index contributed by atoms with van der Waals surface area (Å²) in [5.74, 6) is 0.582. The van der Waals surface area contributed by atoms with E-state index in [1.165, 1.54) is 6.26 Å². The molecule has 0 radical (unpaired) electrons. The van der Waals surface area contributed by atoms with E-state index in [1.807, 2.05) is 18.2 Å². The minimum atomic E-state index is 0.582. The molecule has 0 spiro atoms. The van der Waals surface area contributed by atoms with E-state index in [0.29, 0.717) is 16.5 Å². The van der Waals surface area contributed by atoms with Crippen LogP contribution in [0, 0.1) is 0 Å². The second kappa shape index (κ2) is 3.72. The van der Waals surface area contributed by atoms with Crippen molar-refractivity contribution in [3.8, 4) is 17.0 Å². The van der Waals surface area contributed by atoms with Gasteiger partial charge < -0.3 is 9.26 Å². The second-order valence-electron chi connectivity index (χ2n) is 2.71. The van der Waals surface area contributed by atoms with Crippen molar-refractivity contribution in [2.75, 3.05) is 7.11 Å². The van der Waals surface area contributed by atoms with Crippen molar-refractivity contribution in [1.29, 1.82) is 0 Å². The highest BCUT2D eigenvalue weighted by atomic mass is 35.5. The summed E-state index contributed by atoms with van der Waals surface area (Å²) in [6, 6.07) is 7.40. The molecule has 1 aromatic carbocycles. The molecule has 0 unspecified atom stereocenters. The summed E-state index contributed by atoms with van der Waals surface area (Å²) in [5, 5.41) is 4.46. The maximum Gasteiger partial charge on any atom is 0.186 e. The highest BCUT2D eigenvalue weighted by molar-refractivity contribution is 6.33. The fourth-order valence-corrected chi connectivity index (χ4v) is 1.43. The number of halogens is 1. The van der Waals surface area contributed by atoms with Crippen molar-refractivity contribution in [1.82, 2.24) is 5.16 Å². The molecule has 2 rings (SSSR count). The number of nitrogens with zero attached hydrogens (tertiary/aromatic N) is 1.